The Labute approximate surface area is 248 Å². The Kier molecular flexibility index (Phi) is 7.61. The Hall–Kier alpha value is -3.65. The first-order valence-electron chi connectivity index (χ1n) is 13.4. The van der Waals surface area contributed by atoms with Gasteiger partial charge in [0.05, 0.1) is 22.4 Å². The predicted octanol–water partition coefficient (Wildman–Crippen LogP) is 8.90. The monoisotopic (exact) mass is 644 g/mol. The maximum absolute atomic E-state index is 13.2. The number of hydrogen-bond acceptors (Lipinski definition) is 4. The second-order valence-electron chi connectivity index (χ2n) is 10.4. The van der Waals surface area contributed by atoms with Gasteiger partial charge in [-0.15, -0.1) is 0 Å². The van der Waals surface area contributed by atoms with Gasteiger partial charge in [0.15, 0.2) is 11.5 Å². The van der Waals surface area contributed by atoms with Crippen LogP contribution in [0.15, 0.2) is 96.0 Å². The first-order valence-corrected chi connectivity index (χ1v) is 14.5. The number of aryl methyl sites for hydroxylation is 1. The van der Waals surface area contributed by atoms with Gasteiger partial charge >= 0.3 is 0 Å². The van der Waals surface area contributed by atoms with E-state index < -0.39 is 0 Å². The zero-order valence-corrected chi connectivity index (χ0v) is 24.6. The molecule has 6 heteroatoms. The molecule has 0 spiro atoms. The molecule has 2 aliphatic rings. The van der Waals surface area contributed by atoms with Crippen molar-refractivity contribution in [2.24, 2.45) is 10.9 Å². The van der Waals surface area contributed by atoms with Gasteiger partial charge in [-0.3, -0.25) is 4.99 Å². The second kappa shape index (κ2) is 11.5. The minimum atomic E-state index is -0.263. The highest BCUT2D eigenvalue weighted by Crippen LogP contribution is 2.50. The fourth-order valence-corrected chi connectivity index (χ4v) is 6.43. The van der Waals surface area contributed by atoms with Crippen LogP contribution in [0.4, 0.5) is 15.8 Å². The number of halogens is 2. The van der Waals surface area contributed by atoms with Gasteiger partial charge in [-0.2, -0.15) is 0 Å². The van der Waals surface area contributed by atoms with Gasteiger partial charge in [0.1, 0.15) is 12.4 Å². The fourth-order valence-electron chi connectivity index (χ4n) is 5.65. The third-order valence-corrected chi connectivity index (χ3v) is 8.48. The number of hydrogen-bond donors (Lipinski definition) is 1. The second-order valence-corrected chi connectivity index (χ2v) is 11.5. The molecule has 4 aromatic carbocycles. The quantitative estimate of drug-likeness (QED) is 0.124. The lowest BCUT2D eigenvalue weighted by Crippen LogP contribution is -2.29. The van der Waals surface area contributed by atoms with Crippen LogP contribution in [0, 0.1) is 22.2 Å². The topological polar surface area (TPSA) is 42.8 Å². The summed E-state index contributed by atoms with van der Waals surface area (Å²) in [7, 11) is 1.62. The van der Waals surface area contributed by atoms with Crippen LogP contribution in [0.5, 0.6) is 11.5 Å². The Morgan fingerprint density at radius 1 is 1.02 bits per heavy atom. The Balaban J connectivity index is 1.16. The fraction of sp³-hybridized carbons (Fsp3) is 0.206. The van der Waals surface area contributed by atoms with Gasteiger partial charge in [0.25, 0.3) is 0 Å². The molecule has 3 atom stereocenters. The summed E-state index contributed by atoms with van der Waals surface area (Å²) in [6.45, 7) is 2.49. The zero-order valence-electron chi connectivity index (χ0n) is 22.4. The summed E-state index contributed by atoms with van der Waals surface area (Å²) in [5.74, 6) is 2.00. The maximum Gasteiger partial charge on any atom is 0.174 e. The number of allylic oxidation sites excluding steroid dienone is 2. The van der Waals surface area contributed by atoms with Crippen LogP contribution in [-0.2, 0) is 6.61 Å². The molecule has 4 nitrogen and oxygen atoms in total. The first kappa shape index (κ1) is 26.6. The highest BCUT2D eigenvalue weighted by atomic mass is 127. The first-order chi connectivity index (χ1) is 19.5. The molecule has 0 radical (unpaired) electrons. The molecule has 0 saturated heterocycles. The number of ether oxygens (including phenoxy) is 2. The maximum atomic E-state index is 13.2. The average Bonchev–Trinajstić information content (AvgIpc) is 3.47. The van der Waals surface area contributed by atoms with Crippen LogP contribution in [0.1, 0.15) is 46.2 Å². The lowest BCUT2D eigenvalue weighted by molar-refractivity contribution is 0.282. The minimum Gasteiger partial charge on any atom is -0.493 e. The number of benzene rings is 4. The van der Waals surface area contributed by atoms with E-state index in [1.54, 1.807) is 19.2 Å². The number of fused-ring (bicyclic) bond motifs is 3. The molecule has 1 aliphatic heterocycles. The van der Waals surface area contributed by atoms with Crippen molar-refractivity contribution >= 4 is 40.2 Å². The summed E-state index contributed by atoms with van der Waals surface area (Å²) in [6.07, 6.45) is 7.64. The predicted molar refractivity (Wildman–Crippen MR) is 168 cm³/mol. The van der Waals surface area contributed by atoms with E-state index in [4.69, 9.17) is 14.5 Å². The molecule has 0 aromatic heterocycles. The molecule has 0 unspecified atom stereocenters. The molecule has 4 aromatic rings. The lowest BCUT2D eigenvalue weighted by atomic mass is 9.76. The normalized spacial score (nSPS) is 19.2. The van der Waals surface area contributed by atoms with Crippen LogP contribution >= 0.6 is 22.6 Å². The van der Waals surface area contributed by atoms with Crippen molar-refractivity contribution in [1.29, 1.82) is 0 Å². The molecule has 0 fully saturated rings. The van der Waals surface area contributed by atoms with E-state index in [9.17, 15) is 4.39 Å². The van der Waals surface area contributed by atoms with E-state index in [0.29, 0.717) is 29.9 Å². The zero-order chi connectivity index (χ0) is 27.6. The largest absolute Gasteiger partial charge is 0.493 e. The molecule has 1 aliphatic carbocycles. The minimum absolute atomic E-state index is 0.263. The summed E-state index contributed by atoms with van der Waals surface area (Å²) in [4.78, 5) is 4.73. The molecule has 0 bridgehead atoms. The van der Waals surface area contributed by atoms with Gasteiger partial charge in [0, 0.05) is 17.8 Å². The highest BCUT2D eigenvalue weighted by molar-refractivity contribution is 14.1. The van der Waals surface area contributed by atoms with Gasteiger partial charge in [-0.25, -0.2) is 4.39 Å². The van der Waals surface area contributed by atoms with Crippen LogP contribution in [0.2, 0.25) is 0 Å². The summed E-state index contributed by atoms with van der Waals surface area (Å²) in [5.41, 5.74) is 7.92. The molecular weight excluding hydrogens is 614 g/mol. The summed E-state index contributed by atoms with van der Waals surface area (Å²) < 4.78 is 25.7. The van der Waals surface area contributed by atoms with Gasteiger partial charge < -0.3 is 14.8 Å². The van der Waals surface area contributed by atoms with E-state index >= 15 is 0 Å². The molecular formula is C34H30FIN2O2. The van der Waals surface area contributed by atoms with Crippen LogP contribution < -0.4 is 14.8 Å². The molecule has 202 valence electrons. The van der Waals surface area contributed by atoms with Crippen molar-refractivity contribution in [2.45, 2.75) is 31.9 Å². The van der Waals surface area contributed by atoms with Crippen LogP contribution in [0.3, 0.4) is 0 Å². The highest BCUT2D eigenvalue weighted by Gasteiger charge is 2.37. The summed E-state index contributed by atoms with van der Waals surface area (Å²) in [5, 5.41) is 3.81. The standard InChI is InChI=1S/C34H30FIN2O2/c1-21-6-15-31-29(16-21)27-4-3-5-28(27)33(38-31)24-9-13-26(14-10-24)37-19-23-17-30(36)34(32(18-23)39-2)40-20-22-7-11-25(35)12-8-22/h3-4,6-19,27-28,33,38H,5,20H2,1-2H3/t27-,28+,33-/m0/s1. The molecule has 6 rings (SSSR count). The van der Waals surface area contributed by atoms with Crippen molar-refractivity contribution in [3.63, 3.8) is 0 Å². The summed E-state index contributed by atoms with van der Waals surface area (Å²) >= 11 is 2.24. The molecule has 0 saturated carbocycles. The van der Waals surface area contributed by atoms with Gasteiger partial charge in [0.2, 0.25) is 0 Å². The van der Waals surface area contributed by atoms with E-state index in [1.165, 1.54) is 34.5 Å². The SMILES string of the molecule is COc1cc(C=Nc2ccc([C@@H]3Nc4ccc(C)cc4[C@H]4C=CC[C@H]43)cc2)cc(I)c1OCc1ccc(F)cc1. The third kappa shape index (κ3) is 5.50. The van der Waals surface area contributed by atoms with Crippen LogP contribution in [0.25, 0.3) is 0 Å². The number of nitrogens with one attached hydrogen (secondary N) is 1. The Morgan fingerprint density at radius 2 is 1.82 bits per heavy atom. The Bertz CT molecular complexity index is 1580. The number of anilines is 1. The van der Waals surface area contributed by atoms with Gasteiger partial charge in [-0.1, -0.05) is 54.1 Å². The number of aliphatic imine (C=N–C) groups is 1. The smallest absolute Gasteiger partial charge is 0.174 e. The van der Waals surface area contributed by atoms with E-state index in [2.05, 4.69) is 89.4 Å². The van der Waals surface area contributed by atoms with Crippen molar-refractivity contribution in [3.8, 4) is 11.5 Å². The summed E-state index contributed by atoms with van der Waals surface area (Å²) in [6, 6.07) is 25.8. The van der Waals surface area contributed by atoms with E-state index in [-0.39, 0.29) is 11.9 Å². The van der Waals surface area contributed by atoms with Crippen molar-refractivity contribution in [3.05, 3.63) is 128 Å². The number of rotatable bonds is 7. The lowest BCUT2D eigenvalue weighted by Gasteiger charge is -2.37. The molecule has 0 amide bonds. The average molecular weight is 645 g/mol. The Morgan fingerprint density at radius 3 is 2.60 bits per heavy atom. The van der Waals surface area contributed by atoms with Gasteiger partial charge in [-0.05, 0) is 107 Å². The number of methoxy groups -OCH3 is 1. The third-order valence-electron chi connectivity index (χ3n) is 7.68. The molecule has 1 N–H and O–H groups in total. The van der Waals surface area contributed by atoms with Crippen molar-refractivity contribution in [1.82, 2.24) is 0 Å². The van der Waals surface area contributed by atoms with Crippen molar-refractivity contribution in [2.75, 3.05) is 12.4 Å². The molecule has 1 heterocycles. The van der Waals surface area contributed by atoms with E-state index in [0.717, 1.165) is 26.8 Å². The van der Waals surface area contributed by atoms with Crippen molar-refractivity contribution < 1.29 is 13.9 Å². The number of nitrogens with zero attached hydrogens (tertiary/aromatic N) is 1. The van der Waals surface area contributed by atoms with E-state index in [1.807, 2.05) is 18.3 Å². The molecule has 40 heavy (non-hydrogen) atoms. The van der Waals surface area contributed by atoms with Crippen LogP contribution in [-0.4, -0.2) is 13.3 Å².